The van der Waals surface area contributed by atoms with Crippen molar-refractivity contribution in [2.75, 3.05) is 6.61 Å². The molecular weight excluding hydrogens is 196 g/mol. The Morgan fingerprint density at radius 3 is 3.20 bits per heavy atom. The maximum absolute atomic E-state index is 11.6. The number of hydrogen-bond acceptors (Lipinski definition) is 4. The molecule has 1 aliphatic rings. The van der Waals surface area contributed by atoms with Crippen molar-refractivity contribution in [2.24, 2.45) is 5.92 Å². The second-order valence-corrected chi connectivity index (χ2v) is 3.81. The van der Waals surface area contributed by atoms with Gasteiger partial charge in [-0.3, -0.25) is 4.79 Å². The molecule has 82 valence electrons. The standard InChI is InChI=1S/C9H14N4O2/c14-5-6-2-1-3-7(6)11-9(15)8-4-10-13-12-8/h4,6-7,14H,1-3,5H2,(H,11,15)(H,10,12,13). The van der Waals surface area contributed by atoms with Crippen molar-refractivity contribution in [2.45, 2.75) is 25.3 Å². The molecule has 0 aliphatic heterocycles. The number of carbonyl (C=O) groups is 1. The van der Waals surface area contributed by atoms with Crippen molar-refractivity contribution >= 4 is 5.91 Å². The number of nitrogens with one attached hydrogen (secondary N) is 2. The Hall–Kier alpha value is -1.43. The third-order valence-corrected chi connectivity index (χ3v) is 2.86. The highest BCUT2D eigenvalue weighted by molar-refractivity contribution is 5.92. The molecule has 0 saturated heterocycles. The molecule has 15 heavy (non-hydrogen) atoms. The van der Waals surface area contributed by atoms with E-state index in [0.717, 1.165) is 19.3 Å². The van der Waals surface area contributed by atoms with Crippen molar-refractivity contribution in [3.8, 4) is 0 Å². The maximum Gasteiger partial charge on any atom is 0.273 e. The maximum atomic E-state index is 11.6. The van der Waals surface area contributed by atoms with Crippen LogP contribution in [0.3, 0.4) is 0 Å². The summed E-state index contributed by atoms with van der Waals surface area (Å²) in [7, 11) is 0. The molecule has 2 atom stereocenters. The van der Waals surface area contributed by atoms with Crippen LogP contribution in [0, 0.1) is 5.92 Å². The average Bonchev–Trinajstić information content (AvgIpc) is 2.87. The van der Waals surface area contributed by atoms with Crippen molar-refractivity contribution in [1.82, 2.24) is 20.7 Å². The molecule has 6 nitrogen and oxygen atoms in total. The Morgan fingerprint density at radius 1 is 1.67 bits per heavy atom. The van der Waals surface area contributed by atoms with E-state index in [9.17, 15) is 4.79 Å². The first-order chi connectivity index (χ1) is 7.31. The SMILES string of the molecule is O=C(NC1CCCC1CO)c1cn[nH]n1. The lowest BCUT2D eigenvalue weighted by atomic mass is 10.1. The zero-order valence-corrected chi connectivity index (χ0v) is 8.31. The van der Waals surface area contributed by atoms with Gasteiger partial charge < -0.3 is 10.4 Å². The first-order valence-corrected chi connectivity index (χ1v) is 5.08. The molecule has 1 saturated carbocycles. The Bertz CT molecular complexity index is 325. The van der Waals surface area contributed by atoms with Gasteiger partial charge in [-0.05, 0) is 12.8 Å². The number of aliphatic hydroxyl groups is 1. The fourth-order valence-corrected chi connectivity index (χ4v) is 2.00. The highest BCUT2D eigenvalue weighted by Crippen LogP contribution is 2.25. The summed E-state index contributed by atoms with van der Waals surface area (Å²) in [5.41, 5.74) is 0.290. The van der Waals surface area contributed by atoms with Gasteiger partial charge in [0.05, 0.1) is 6.20 Å². The number of carbonyl (C=O) groups excluding carboxylic acids is 1. The molecule has 0 spiro atoms. The molecule has 1 aromatic heterocycles. The van der Waals surface area contributed by atoms with Gasteiger partial charge in [-0.25, -0.2) is 0 Å². The zero-order valence-electron chi connectivity index (χ0n) is 8.31. The van der Waals surface area contributed by atoms with E-state index in [4.69, 9.17) is 5.11 Å². The third kappa shape index (κ3) is 2.15. The molecule has 1 aliphatic carbocycles. The van der Waals surface area contributed by atoms with Gasteiger partial charge in [0.15, 0.2) is 5.69 Å². The van der Waals surface area contributed by atoms with E-state index in [2.05, 4.69) is 20.7 Å². The topological polar surface area (TPSA) is 90.9 Å². The number of aromatic nitrogens is 3. The fraction of sp³-hybridized carbons (Fsp3) is 0.667. The van der Waals surface area contributed by atoms with E-state index < -0.39 is 0 Å². The lowest BCUT2D eigenvalue weighted by Gasteiger charge is -2.17. The minimum Gasteiger partial charge on any atom is -0.396 e. The van der Waals surface area contributed by atoms with Gasteiger partial charge in [0.25, 0.3) is 5.91 Å². The molecule has 0 radical (unpaired) electrons. The van der Waals surface area contributed by atoms with E-state index in [-0.39, 0.29) is 24.5 Å². The summed E-state index contributed by atoms with van der Waals surface area (Å²) < 4.78 is 0. The summed E-state index contributed by atoms with van der Waals surface area (Å²) in [6, 6.07) is 0.0687. The van der Waals surface area contributed by atoms with Gasteiger partial charge in [0.2, 0.25) is 0 Å². The molecule has 6 heteroatoms. The molecule has 1 fully saturated rings. The number of rotatable bonds is 3. The van der Waals surface area contributed by atoms with Crippen LogP contribution >= 0.6 is 0 Å². The van der Waals surface area contributed by atoms with E-state index >= 15 is 0 Å². The van der Waals surface area contributed by atoms with Crippen LogP contribution in [0.15, 0.2) is 6.20 Å². The zero-order chi connectivity index (χ0) is 10.7. The number of hydrogen-bond donors (Lipinski definition) is 3. The second-order valence-electron chi connectivity index (χ2n) is 3.81. The Morgan fingerprint density at radius 2 is 2.53 bits per heavy atom. The van der Waals surface area contributed by atoms with Crippen molar-refractivity contribution in [1.29, 1.82) is 0 Å². The number of H-pyrrole nitrogens is 1. The Balaban J connectivity index is 1.94. The van der Waals surface area contributed by atoms with Gasteiger partial charge >= 0.3 is 0 Å². The molecule has 3 N–H and O–H groups in total. The smallest absolute Gasteiger partial charge is 0.273 e. The highest BCUT2D eigenvalue weighted by Gasteiger charge is 2.28. The summed E-state index contributed by atoms with van der Waals surface area (Å²) in [5.74, 6) is -0.0463. The summed E-state index contributed by atoms with van der Waals surface area (Å²) in [4.78, 5) is 11.6. The summed E-state index contributed by atoms with van der Waals surface area (Å²) in [6.45, 7) is 0.129. The van der Waals surface area contributed by atoms with E-state index in [1.54, 1.807) is 0 Å². The Kier molecular flexibility index (Phi) is 2.96. The monoisotopic (exact) mass is 210 g/mol. The van der Waals surface area contributed by atoms with Crippen molar-refractivity contribution in [3.63, 3.8) is 0 Å². The van der Waals surface area contributed by atoms with Crippen molar-refractivity contribution < 1.29 is 9.90 Å². The van der Waals surface area contributed by atoms with Crippen LogP contribution < -0.4 is 5.32 Å². The average molecular weight is 210 g/mol. The molecule has 1 heterocycles. The van der Waals surface area contributed by atoms with Gasteiger partial charge in [0.1, 0.15) is 0 Å². The minimum atomic E-state index is -0.228. The van der Waals surface area contributed by atoms with Crippen LogP contribution in [0.1, 0.15) is 29.8 Å². The fourth-order valence-electron chi connectivity index (χ4n) is 2.00. The molecular formula is C9H14N4O2. The normalized spacial score (nSPS) is 25.4. The van der Waals surface area contributed by atoms with Gasteiger partial charge in [0, 0.05) is 18.6 Å². The van der Waals surface area contributed by atoms with Crippen LogP contribution in [-0.2, 0) is 0 Å². The van der Waals surface area contributed by atoms with E-state index in [1.165, 1.54) is 6.20 Å². The van der Waals surface area contributed by atoms with E-state index in [0.29, 0.717) is 5.69 Å². The Labute approximate surface area is 87.1 Å². The third-order valence-electron chi connectivity index (χ3n) is 2.86. The van der Waals surface area contributed by atoms with Crippen LogP contribution in [-0.4, -0.2) is 39.1 Å². The first kappa shape index (κ1) is 10.1. The molecule has 0 aromatic carbocycles. The van der Waals surface area contributed by atoms with Gasteiger partial charge in [-0.15, -0.1) is 0 Å². The molecule has 1 amide bonds. The van der Waals surface area contributed by atoms with E-state index in [1.807, 2.05) is 0 Å². The van der Waals surface area contributed by atoms with Crippen LogP contribution in [0.4, 0.5) is 0 Å². The number of amides is 1. The minimum absolute atomic E-state index is 0.0687. The first-order valence-electron chi connectivity index (χ1n) is 5.08. The van der Waals surface area contributed by atoms with Crippen LogP contribution in [0.2, 0.25) is 0 Å². The summed E-state index contributed by atoms with van der Waals surface area (Å²) >= 11 is 0. The van der Waals surface area contributed by atoms with Crippen LogP contribution in [0.5, 0.6) is 0 Å². The molecule has 2 rings (SSSR count). The predicted molar refractivity (Wildman–Crippen MR) is 52.1 cm³/mol. The lowest BCUT2D eigenvalue weighted by Crippen LogP contribution is -2.38. The highest BCUT2D eigenvalue weighted by atomic mass is 16.3. The lowest BCUT2D eigenvalue weighted by molar-refractivity contribution is 0.0911. The molecule has 2 unspecified atom stereocenters. The molecule has 1 aromatic rings. The second kappa shape index (κ2) is 4.39. The predicted octanol–water partition coefficient (Wildman–Crippen LogP) is -0.305. The largest absolute Gasteiger partial charge is 0.396 e. The van der Waals surface area contributed by atoms with Gasteiger partial charge in [-0.2, -0.15) is 15.4 Å². The molecule has 0 bridgehead atoms. The van der Waals surface area contributed by atoms with Gasteiger partial charge in [-0.1, -0.05) is 6.42 Å². The number of aromatic amines is 1. The number of nitrogens with zero attached hydrogens (tertiary/aromatic N) is 2. The number of aliphatic hydroxyl groups excluding tert-OH is 1. The summed E-state index contributed by atoms with van der Waals surface area (Å²) in [5, 5.41) is 21.6. The summed E-state index contributed by atoms with van der Waals surface area (Å²) in [6.07, 6.45) is 4.34. The quantitative estimate of drug-likeness (QED) is 0.638. The van der Waals surface area contributed by atoms with Crippen LogP contribution in [0.25, 0.3) is 0 Å². The van der Waals surface area contributed by atoms with Crippen molar-refractivity contribution in [3.05, 3.63) is 11.9 Å².